The van der Waals surface area contributed by atoms with Gasteiger partial charge in [0.05, 0.1) is 13.5 Å². The Labute approximate surface area is 156 Å². The third-order valence-electron chi connectivity index (χ3n) is 4.97. The fourth-order valence-electron chi connectivity index (χ4n) is 3.21. The van der Waals surface area contributed by atoms with Gasteiger partial charge in [-0.15, -0.1) is 0 Å². The first-order valence-corrected chi connectivity index (χ1v) is 9.31. The maximum atomic E-state index is 12.5. The molecule has 0 unspecified atom stereocenters. The van der Waals surface area contributed by atoms with Crippen LogP contribution in [0.1, 0.15) is 36.2 Å². The Morgan fingerprint density at radius 3 is 2.50 bits per heavy atom. The number of amides is 1. The molecular weight excluding hydrogens is 330 g/mol. The number of nitrogens with one attached hydrogen (secondary N) is 1. The molecule has 1 fully saturated rings. The monoisotopic (exact) mass is 361 g/mol. The molecule has 144 valence electrons. The zero-order valence-corrected chi connectivity index (χ0v) is 16.4. The summed E-state index contributed by atoms with van der Waals surface area (Å²) in [4.78, 5) is 28.9. The van der Waals surface area contributed by atoms with E-state index in [1.807, 2.05) is 0 Å². The van der Waals surface area contributed by atoms with Gasteiger partial charge in [-0.25, -0.2) is 0 Å². The number of ketones is 1. The Kier molecular flexibility index (Phi) is 7.60. The molecule has 1 atom stereocenters. The van der Waals surface area contributed by atoms with Crippen molar-refractivity contribution in [3.05, 3.63) is 29.3 Å². The Hall–Kier alpha value is -1.92. The van der Waals surface area contributed by atoms with E-state index < -0.39 is 0 Å². The summed E-state index contributed by atoms with van der Waals surface area (Å²) in [5, 5.41) is 3.14. The number of likely N-dealkylation sites (N-methyl/N-ethyl adjacent to an activating group) is 1. The molecule has 26 heavy (non-hydrogen) atoms. The third kappa shape index (κ3) is 5.81. The van der Waals surface area contributed by atoms with Gasteiger partial charge in [-0.2, -0.15) is 0 Å². The Bertz CT molecular complexity index is 625. The number of rotatable bonds is 8. The second-order valence-electron chi connectivity index (χ2n) is 7.04. The molecule has 0 spiro atoms. The van der Waals surface area contributed by atoms with Gasteiger partial charge < -0.3 is 15.0 Å². The number of carbonyl (C=O) groups excluding carboxylic acids is 2. The highest BCUT2D eigenvalue weighted by molar-refractivity contribution is 5.94. The molecule has 0 aliphatic carbocycles. The van der Waals surface area contributed by atoms with Crippen LogP contribution in [0.2, 0.25) is 0 Å². The molecule has 1 heterocycles. The predicted octanol–water partition coefficient (Wildman–Crippen LogP) is 1.58. The molecule has 1 saturated heterocycles. The highest BCUT2D eigenvalue weighted by Crippen LogP contribution is 2.21. The van der Waals surface area contributed by atoms with Crippen LogP contribution >= 0.6 is 0 Å². The summed E-state index contributed by atoms with van der Waals surface area (Å²) in [6.45, 7) is 8.71. The summed E-state index contributed by atoms with van der Waals surface area (Å²) in [5.74, 6) is 0.582. The maximum absolute atomic E-state index is 12.5. The summed E-state index contributed by atoms with van der Waals surface area (Å²) in [6, 6.07) is 5.36. The second-order valence-corrected chi connectivity index (χ2v) is 7.04. The van der Waals surface area contributed by atoms with Crippen LogP contribution in [0.25, 0.3) is 0 Å². The first-order valence-electron chi connectivity index (χ1n) is 9.31. The van der Waals surface area contributed by atoms with Gasteiger partial charge in [-0.1, -0.05) is 6.92 Å². The van der Waals surface area contributed by atoms with Gasteiger partial charge in [0.15, 0.2) is 5.78 Å². The summed E-state index contributed by atoms with van der Waals surface area (Å²) >= 11 is 0. The van der Waals surface area contributed by atoms with Crippen molar-refractivity contribution in [2.24, 2.45) is 0 Å². The first-order chi connectivity index (χ1) is 12.4. The van der Waals surface area contributed by atoms with E-state index in [0.717, 1.165) is 44.7 Å². The van der Waals surface area contributed by atoms with Crippen molar-refractivity contribution in [2.45, 2.75) is 32.7 Å². The fourth-order valence-corrected chi connectivity index (χ4v) is 3.21. The third-order valence-corrected chi connectivity index (χ3v) is 4.97. The van der Waals surface area contributed by atoms with Gasteiger partial charge in [0.2, 0.25) is 5.91 Å². The molecule has 1 aliphatic heterocycles. The van der Waals surface area contributed by atoms with Crippen LogP contribution in [0, 0.1) is 0 Å². The number of benzene rings is 1. The van der Waals surface area contributed by atoms with E-state index in [9.17, 15) is 9.59 Å². The van der Waals surface area contributed by atoms with E-state index in [0.29, 0.717) is 11.3 Å². The molecule has 1 aliphatic rings. The van der Waals surface area contributed by atoms with Gasteiger partial charge >= 0.3 is 0 Å². The predicted molar refractivity (Wildman–Crippen MR) is 103 cm³/mol. The van der Waals surface area contributed by atoms with Crippen LogP contribution in [0.3, 0.4) is 0 Å². The normalized spacial score (nSPS) is 16.9. The molecule has 6 heteroatoms. The minimum absolute atomic E-state index is 0.0178. The summed E-state index contributed by atoms with van der Waals surface area (Å²) in [7, 11) is 3.71. The summed E-state index contributed by atoms with van der Waals surface area (Å²) in [6.07, 6.45) is 1.10. The average Bonchev–Trinajstić information content (AvgIpc) is 2.62. The molecular formula is C20H31N3O3. The van der Waals surface area contributed by atoms with Crippen molar-refractivity contribution in [1.82, 2.24) is 15.1 Å². The van der Waals surface area contributed by atoms with Crippen molar-refractivity contribution in [2.75, 3.05) is 46.9 Å². The highest BCUT2D eigenvalue weighted by atomic mass is 16.5. The lowest BCUT2D eigenvalue weighted by Gasteiger charge is -2.34. The number of methoxy groups -OCH3 is 1. The Morgan fingerprint density at radius 2 is 1.92 bits per heavy atom. The van der Waals surface area contributed by atoms with Crippen molar-refractivity contribution in [3.8, 4) is 5.75 Å². The largest absolute Gasteiger partial charge is 0.496 e. The second kappa shape index (κ2) is 9.69. The topological polar surface area (TPSA) is 61.9 Å². The van der Waals surface area contributed by atoms with Crippen LogP contribution in [-0.4, -0.2) is 74.4 Å². The van der Waals surface area contributed by atoms with Crippen LogP contribution < -0.4 is 10.1 Å². The zero-order valence-electron chi connectivity index (χ0n) is 16.4. The van der Waals surface area contributed by atoms with Crippen LogP contribution in [0.5, 0.6) is 5.75 Å². The van der Waals surface area contributed by atoms with Gasteiger partial charge in [0.1, 0.15) is 5.75 Å². The number of nitrogens with zero attached hydrogens (tertiary/aromatic N) is 2. The lowest BCUT2D eigenvalue weighted by Crippen LogP contribution is -2.50. The molecule has 1 aromatic rings. The summed E-state index contributed by atoms with van der Waals surface area (Å²) < 4.78 is 5.34. The molecule has 1 amide bonds. The molecule has 0 bridgehead atoms. The number of piperazine rings is 1. The summed E-state index contributed by atoms with van der Waals surface area (Å²) in [5.41, 5.74) is 1.34. The van der Waals surface area contributed by atoms with E-state index in [4.69, 9.17) is 4.74 Å². The van der Waals surface area contributed by atoms with Crippen LogP contribution in [-0.2, 0) is 11.2 Å². The Balaban J connectivity index is 1.95. The standard InChI is InChI=1S/C20H31N3O3/c1-5-18(14-23-10-8-22(3)9-11-23)21-20(25)13-17-12-16(15(2)24)6-7-19(17)26-4/h6-7,12,18H,5,8-11,13-14H2,1-4H3,(H,21,25)/t18-/m1/s1. The average molecular weight is 361 g/mol. The Morgan fingerprint density at radius 1 is 1.23 bits per heavy atom. The zero-order chi connectivity index (χ0) is 19.1. The minimum atomic E-state index is -0.0371. The number of carbonyl (C=O) groups is 2. The van der Waals surface area contributed by atoms with E-state index in [1.54, 1.807) is 25.3 Å². The van der Waals surface area contributed by atoms with Crippen LogP contribution in [0.4, 0.5) is 0 Å². The SMILES string of the molecule is CC[C@H](CN1CCN(C)CC1)NC(=O)Cc1cc(C(C)=O)ccc1OC. The smallest absolute Gasteiger partial charge is 0.224 e. The fraction of sp³-hybridized carbons (Fsp3) is 0.600. The first kappa shape index (κ1) is 20.4. The minimum Gasteiger partial charge on any atom is -0.496 e. The maximum Gasteiger partial charge on any atom is 0.224 e. The number of hydrogen-bond donors (Lipinski definition) is 1. The quantitative estimate of drug-likeness (QED) is 0.713. The lowest BCUT2D eigenvalue weighted by atomic mass is 10.0. The highest BCUT2D eigenvalue weighted by Gasteiger charge is 2.19. The molecule has 0 saturated carbocycles. The molecule has 6 nitrogen and oxygen atoms in total. The molecule has 1 N–H and O–H groups in total. The number of ether oxygens (including phenoxy) is 1. The van der Waals surface area contributed by atoms with Crippen LogP contribution in [0.15, 0.2) is 18.2 Å². The van der Waals surface area contributed by atoms with E-state index in [2.05, 4.69) is 29.1 Å². The van der Waals surface area contributed by atoms with Gasteiger partial charge in [0, 0.05) is 49.9 Å². The van der Waals surface area contributed by atoms with Crippen molar-refractivity contribution in [3.63, 3.8) is 0 Å². The van der Waals surface area contributed by atoms with Crippen molar-refractivity contribution in [1.29, 1.82) is 0 Å². The molecule has 1 aromatic carbocycles. The number of hydrogen-bond acceptors (Lipinski definition) is 5. The number of Topliss-reactive ketones (excluding diaryl/α,β-unsaturated/α-hetero) is 1. The molecule has 2 rings (SSSR count). The van der Waals surface area contributed by atoms with Gasteiger partial charge in [0.25, 0.3) is 0 Å². The van der Waals surface area contributed by atoms with Crippen molar-refractivity contribution < 1.29 is 14.3 Å². The van der Waals surface area contributed by atoms with E-state index in [1.165, 1.54) is 6.92 Å². The van der Waals surface area contributed by atoms with Gasteiger partial charge in [-0.05, 0) is 38.6 Å². The van der Waals surface area contributed by atoms with E-state index >= 15 is 0 Å². The van der Waals surface area contributed by atoms with E-state index in [-0.39, 0.29) is 24.2 Å². The van der Waals surface area contributed by atoms with Crippen molar-refractivity contribution >= 4 is 11.7 Å². The molecule has 0 aromatic heterocycles. The molecule has 0 radical (unpaired) electrons. The van der Waals surface area contributed by atoms with Gasteiger partial charge in [-0.3, -0.25) is 14.5 Å². The lowest BCUT2D eigenvalue weighted by molar-refractivity contribution is -0.121.